The lowest BCUT2D eigenvalue weighted by Crippen LogP contribution is -2.26. The van der Waals surface area contributed by atoms with Crippen LogP contribution in [0.2, 0.25) is 0 Å². The monoisotopic (exact) mass is 513 g/mol. The first-order valence-corrected chi connectivity index (χ1v) is 12.5. The molecule has 196 valence electrons. The van der Waals surface area contributed by atoms with Crippen LogP contribution in [-0.2, 0) is 19.8 Å². The number of halogens is 1. The van der Waals surface area contributed by atoms with Crippen LogP contribution in [-0.4, -0.2) is 29.9 Å². The first kappa shape index (κ1) is 26.8. The van der Waals surface area contributed by atoms with E-state index >= 15 is 0 Å². The Balaban J connectivity index is 1.69. The molecule has 1 unspecified atom stereocenters. The van der Waals surface area contributed by atoms with Crippen molar-refractivity contribution in [3.63, 3.8) is 0 Å². The van der Waals surface area contributed by atoms with E-state index in [0.717, 1.165) is 16.7 Å². The van der Waals surface area contributed by atoms with Crippen LogP contribution in [0, 0.1) is 5.82 Å². The normalized spacial score (nSPS) is 11.7. The van der Waals surface area contributed by atoms with Crippen molar-refractivity contribution in [3.05, 3.63) is 125 Å². The fourth-order valence-electron chi connectivity index (χ4n) is 3.74. The van der Waals surface area contributed by atoms with E-state index in [1.165, 1.54) is 12.1 Å². The fourth-order valence-corrected chi connectivity index (χ4v) is 3.74. The van der Waals surface area contributed by atoms with Crippen LogP contribution < -0.4 is 14.8 Å². The summed E-state index contributed by atoms with van der Waals surface area (Å²) in [6.07, 6.45) is 0. The molecule has 6 nitrogen and oxygen atoms in total. The zero-order chi connectivity index (χ0) is 26.9. The maximum atomic E-state index is 13.5. The highest BCUT2D eigenvalue weighted by Crippen LogP contribution is 2.35. The van der Waals surface area contributed by atoms with Crippen molar-refractivity contribution in [3.8, 4) is 11.5 Å². The summed E-state index contributed by atoms with van der Waals surface area (Å²) in [4.78, 5) is 20.2. The van der Waals surface area contributed by atoms with Crippen LogP contribution in [0.5, 0.6) is 11.5 Å². The van der Waals surface area contributed by atoms with Gasteiger partial charge in [0.1, 0.15) is 19.0 Å². The van der Waals surface area contributed by atoms with Gasteiger partial charge in [0.05, 0.1) is 5.69 Å². The van der Waals surface area contributed by atoms with Crippen molar-refractivity contribution in [2.24, 2.45) is 0 Å². The lowest BCUT2D eigenvalue weighted by molar-refractivity contribution is 0.0938. The minimum Gasteiger partial charge on any atom is -0.485 e. The summed E-state index contributed by atoms with van der Waals surface area (Å²) in [7, 11) is 3.90. The van der Waals surface area contributed by atoms with Gasteiger partial charge in [-0.2, -0.15) is 0 Å². The van der Waals surface area contributed by atoms with E-state index in [2.05, 4.69) is 5.32 Å². The molecule has 0 spiro atoms. The SMILES string of the molecule is CC(c1cc(OCc2ccccc2)c(OCc2ccccc2)c(C(=O)NCc2ccc(F)cc2)n1)N(C)C. The lowest BCUT2D eigenvalue weighted by Gasteiger charge is -2.23. The molecule has 0 radical (unpaired) electrons. The summed E-state index contributed by atoms with van der Waals surface area (Å²) < 4.78 is 25.8. The molecule has 0 saturated heterocycles. The third kappa shape index (κ3) is 7.17. The van der Waals surface area contributed by atoms with Gasteiger partial charge in [0, 0.05) is 18.7 Å². The van der Waals surface area contributed by atoms with Crippen LogP contribution in [0.25, 0.3) is 0 Å². The minimum absolute atomic E-state index is 0.0825. The zero-order valence-electron chi connectivity index (χ0n) is 21.9. The molecule has 1 N–H and O–H groups in total. The van der Waals surface area contributed by atoms with Crippen LogP contribution in [0.3, 0.4) is 0 Å². The molecule has 1 amide bonds. The molecule has 4 aromatic rings. The van der Waals surface area contributed by atoms with Gasteiger partial charge < -0.3 is 19.7 Å². The summed E-state index contributed by atoms with van der Waals surface area (Å²) >= 11 is 0. The Kier molecular flexibility index (Phi) is 9.06. The van der Waals surface area contributed by atoms with Gasteiger partial charge in [-0.1, -0.05) is 72.8 Å². The fraction of sp³-hybridized carbons (Fsp3) is 0.226. The highest BCUT2D eigenvalue weighted by atomic mass is 19.1. The van der Waals surface area contributed by atoms with Gasteiger partial charge in [0.15, 0.2) is 17.2 Å². The Morgan fingerprint density at radius 2 is 1.45 bits per heavy atom. The van der Waals surface area contributed by atoms with Crippen molar-refractivity contribution in [2.45, 2.75) is 32.7 Å². The summed E-state index contributed by atoms with van der Waals surface area (Å²) in [5.74, 6) is -0.0230. The molecule has 1 aromatic heterocycles. The topological polar surface area (TPSA) is 63.7 Å². The number of carbonyl (C=O) groups is 1. The molecule has 0 aliphatic heterocycles. The summed E-state index contributed by atoms with van der Waals surface area (Å²) in [5, 5.41) is 2.90. The van der Waals surface area contributed by atoms with Gasteiger partial charge in [-0.15, -0.1) is 0 Å². The van der Waals surface area contributed by atoms with Crippen LogP contribution >= 0.6 is 0 Å². The van der Waals surface area contributed by atoms with E-state index < -0.39 is 5.91 Å². The molecule has 38 heavy (non-hydrogen) atoms. The molecule has 0 saturated carbocycles. The second-order valence-electron chi connectivity index (χ2n) is 9.22. The number of hydrogen-bond donors (Lipinski definition) is 1. The van der Waals surface area contributed by atoms with Gasteiger partial charge in [-0.05, 0) is 49.8 Å². The Hall–Kier alpha value is -4.23. The predicted molar refractivity (Wildman–Crippen MR) is 145 cm³/mol. The van der Waals surface area contributed by atoms with Gasteiger partial charge in [-0.25, -0.2) is 9.37 Å². The molecule has 4 rings (SSSR count). The number of nitrogens with zero attached hydrogens (tertiary/aromatic N) is 2. The highest BCUT2D eigenvalue weighted by Gasteiger charge is 2.24. The number of pyridine rings is 1. The summed E-state index contributed by atoms with van der Waals surface area (Å²) in [6, 6.07) is 27.3. The Labute approximate surface area is 223 Å². The number of carbonyl (C=O) groups excluding carboxylic acids is 1. The van der Waals surface area contributed by atoms with E-state index in [0.29, 0.717) is 18.1 Å². The Morgan fingerprint density at radius 3 is 2.03 bits per heavy atom. The highest BCUT2D eigenvalue weighted by molar-refractivity contribution is 5.95. The average Bonchev–Trinajstić information content (AvgIpc) is 2.95. The second kappa shape index (κ2) is 12.8. The maximum absolute atomic E-state index is 13.5. The number of amides is 1. The molecule has 1 atom stereocenters. The number of ether oxygens (including phenoxy) is 2. The number of hydrogen-bond acceptors (Lipinski definition) is 5. The van der Waals surface area contributed by atoms with Crippen molar-refractivity contribution in [1.82, 2.24) is 15.2 Å². The van der Waals surface area contributed by atoms with E-state index in [1.54, 1.807) is 12.1 Å². The largest absolute Gasteiger partial charge is 0.485 e. The number of benzene rings is 3. The van der Waals surface area contributed by atoms with Crippen LogP contribution in [0.4, 0.5) is 4.39 Å². The standard InChI is InChI=1S/C31H32FN3O3/c1-22(35(2)3)27-18-28(37-20-24-10-6-4-7-11-24)30(38-21-25-12-8-5-9-13-25)29(34-27)31(36)33-19-23-14-16-26(32)17-15-23/h4-18,22H,19-21H2,1-3H3,(H,33,36). The van der Waals surface area contributed by atoms with Gasteiger partial charge in [0.25, 0.3) is 5.91 Å². The van der Waals surface area contributed by atoms with Crippen molar-refractivity contribution in [1.29, 1.82) is 0 Å². The van der Waals surface area contributed by atoms with Gasteiger partial charge >= 0.3 is 0 Å². The van der Waals surface area contributed by atoms with Crippen molar-refractivity contribution in [2.75, 3.05) is 14.1 Å². The quantitative estimate of drug-likeness (QED) is 0.269. The molecule has 7 heteroatoms. The smallest absolute Gasteiger partial charge is 0.274 e. The summed E-state index contributed by atoms with van der Waals surface area (Å²) in [6.45, 7) is 2.77. The average molecular weight is 514 g/mol. The van der Waals surface area contributed by atoms with Crippen molar-refractivity contribution >= 4 is 5.91 Å². The molecule has 0 bridgehead atoms. The third-order valence-corrected chi connectivity index (χ3v) is 6.21. The summed E-state index contributed by atoms with van der Waals surface area (Å²) in [5.41, 5.74) is 3.52. The molecule has 0 aliphatic carbocycles. The van der Waals surface area contributed by atoms with Gasteiger partial charge in [-0.3, -0.25) is 4.79 Å². The lowest BCUT2D eigenvalue weighted by atomic mass is 10.1. The number of aromatic nitrogens is 1. The van der Waals surface area contributed by atoms with E-state index in [1.807, 2.05) is 92.6 Å². The zero-order valence-corrected chi connectivity index (χ0v) is 21.9. The molecule has 0 aliphatic rings. The number of rotatable bonds is 11. The van der Waals surface area contributed by atoms with E-state index in [9.17, 15) is 9.18 Å². The second-order valence-corrected chi connectivity index (χ2v) is 9.22. The van der Waals surface area contributed by atoms with E-state index in [4.69, 9.17) is 14.5 Å². The Bertz CT molecular complexity index is 1330. The van der Waals surface area contributed by atoms with E-state index in [-0.39, 0.29) is 36.5 Å². The molecular weight excluding hydrogens is 481 g/mol. The third-order valence-electron chi connectivity index (χ3n) is 6.21. The predicted octanol–water partition coefficient (Wildman–Crippen LogP) is 5.93. The first-order chi connectivity index (χ1) is 18.4. The van der Waals surface area contributed by atoms with Crippen LogP contribution in [0.15, 0.2) is 91.0 Å². The number of nitrogens with one attached hydrogen (secondary N) is 1. The molecular formula is C31H32FN3O3. The first-order valence-electron chi connectivity index (χ1n) is 12.5. The van der Waals surface area contributed by atoms with Crippen LogP contribution in [0.1, 0.15) is 45.8 Å². The Morgan fingerprint density at radius 1 is 0.868 bits per heavy atom. The minimum atomic E-state index is -0.408. The van der Waals surface area contributed by atoms with Gasteiger partial charge in [0.2, 0.25) is 0 Å². The van der Waals surface area contributed by atoms with Crippen molar-refractivity contribution < 1.29 is 18.7 Å². The molecule has 0 fully saturated rings. The maximum Gasteiger partial charge on any atom is 0.274 e. The molecule has 1 heterocycles. The molecule has 3 aromatic carbocycles.